The summed E-state index contributed by atoms with van der Waals surface area (Å²) >= 11 is 3.40. The van der Waals surface area contributed by atoms with Crippen LogP contribution in [0.1, 0.15) is 19.4 Å². The Morgan fingerprint density at radius 1 is 1.38 bits per heavy atom. The van der Waals surface area contributed by atoms with Crippen molar-refractivity contribution in [2.75, 3.05) is 5.73 Å². The SMILES string of the molecule is Cc1cc(OC(C)C)c(Br)cc1N. The van der Waals surface area contributed by atoms with E-state index in [4.69, 9.17) is 10.5 Å². The van der Waals surface area contributed by atoms with Crippen molar-refractivity contribution >= 4 is 21.6 Å². The van der Waals surface area contributed by atoms with Crippen molar-refractivity contribution in [3.05, 3.63) is 22.2 Å². The number of nitrogen functional groups attached to an aromatic ring is 1. The maximum absolute atomic E-state index is 5.73. The molecule has 1 rings (SSSR count). The highest BCUT2D eigenvalue weighted by atomic mass is 79.9. The number of hydrogen-bond acceptors (Lipinski definition) is 2. The summed E-state index contributed by atoms with van der Waals surface area (Å²) in [7, 11) is 0. The fourth-order valence-corrected chi connectivity index (χ4v) is 1.47. The summed E-state index contributed by atoms with van der Waals surface area (Å²) in [5.41, 5.74) is 7.56. The van der Waals surface area contributed by atoms with E-state index in [1.54, 1.807) is 0 Å². The summed E-state index contributed by atoms with van der Waals surface area (Å²) in [4.78, 5) is 0. The molecule has 13 heavy (non-hydrogen) atoms. The number of nitrogens with two attached hydrogens (primary N) is 1. The lowest BCUT2D eigenvalue weighted by atomic mass is 10.2. The average molecular weight is 244 g/mol. The van der Waals surface area contributed by atoms with Crippen LogP contribution in [0.4, 0.5) is 5.69 Å². The molecule has 72 valence electrons. The topological polar surface area (TPSA) is 35.2 Å². The summed E-state index contributed by atoms with van der Waals surface area (Å²) in [6.07, 6.45) is 0.180. The molecule has 2 N–H and O–H groups in total. The van der Waals surface area contributed by atoms with E-state index in [-0.39, 0.29) is 6.10 Å². The number of anilines is 1. The van der Waals surface area contributed by atoms with Gasteiger partial charge in [-0.15, -0.1) is 0 Å². The molecule has 0 atom stereocenters. The molecule has 0 spiro atoms. The molecule has 1 aromatic rings. The zero-order valence-electron chi connectivity index (χ0n) is 8.10. The van der Waals surface area contributed by atoms with E-state index in [1.807, 2.05) is 32.9 Å². The Morgan fingerprint density at radius 3 is 2.54 bits per heavy atom. The Kier molecular flexibility index (Phi) is 3.20. The van der Waals surface area contributed by atoms with Crippen LogP contribution < -0.4 is 10.5 Å². The molecule has 0 fully saturated rings. The number of aryl methyl sites for hydroxylation is 1. The first kappa shape index (κ1) is 10.4. The van der Waals surface area contributed by atoms with Crippen LogP contribution in [0.15, 0.2) is 16.6 Å². The number of halogens is 1. The van der Waals surface area contributed by atoms with Gasteiger partial charge in [-0.25, -0.2) is 0 Å². The highest BCUT2D eigenvalue weighted by Gasteiger charge is 2.05. The van der Waals surface area contributed by atoms with Crippen molar-refractivity contribution in [1.29, 1.82) is 0 Å². The lowest BCUT2D eigenvalue weighted by Gasteiger charge is -2.13. The highest BCUT2D eigenvalue weighted by Crippen LogP contribution is 2.30. The summed E-state index contributed by atoms with van der Waals surface area (Å²) < 4.78 is 6.49. The van der Waals surface area contributed by atoms with E-state index in [0.717, 1.165) is 21.5 Å². The first-order valence-electron chi connectivity index (χ1n) is 4.23. The fourth-order valence-electron chi connectivity index (χ4n) is 1.01. The quantitative estimate of drug-likeness (QED) is 0.811. The molecule has 0 aliphatic rings. The Bertz CT molecular complexity index is 310. The van der Waals surface area contributed by atoms with E-state index in [1.165, 1.54) is 0 Å². The van der Waals surface area contributed by atoms with Crippen LogP contribution in [0.3, 0.4) is 0 Å². The highest BCUT2D eigenvalue weighted by molar-refractivity contribution is 9.10. The van der Waals surface area contributed by atoms with Gasteiger partial charge in [0, 0.05) is 5.69 Å². The first-order chi connectivity index (χ1) is 6.00. The molecular formula is C10H14BrNO. The van der Waals surface area contributed by atoms with E-state index >= 15 is 0 Å². The molecular weight excluding hydrogens is 230 g/mol. The van der Waals surface area contributed by atoms with Crippen molar-refractivity contribution in [1.82, 2.24) is 0 Å². The van der Waals surface area contributed by atoms with E-state index in [9.17, 15) is 0 Å². The predicted octanol–water partition coefficient (Wildman–Crippen LogP) is 3.13. The molecule has 0 heterocycles. The molecule has 0 bridgehead atoms. The molecule has 2 nitrogen and oxygen atoms in total. The van der Waals surface area contributed by atoms with Crippen molar-refractivity contribution in [3.8, 4) is 5.75 Å². The van der Waals surface area contributed by atoms with Crippen LogP contribution in [0.5, 0.6) is 5.75 Å². The maximum atomic E-state index is 5.73. The van der Waals surface area contributed by atoms with Crippen molar-refractivity contribution in [2.45, 2.75) is 26.9 Å². The summed E-state index contributed by atoms with van der Waals surface area (Å²) in [6.45, 7) is 5.96. The molecule has 0 aromatic heterocycles. The third-order valence-electron chi connectivity index (χ3n) is 1.68. The van der Waals surface area contributed by atoms with Crippen LogP contribution in [-0.4, -0.2) is 6.10 Å². The molecule has 0 amide bonds. The van der Waals surface area contributed by atoms with Crippen LogP contribution in [0.2, 0.25) is 0 Å². The molecule has 3 heteroatoms. The van der Waals surface area contributed by atoms with Gasteiger partial charge < -0.3 is 10.5 Å². The zero-order valence-corrected chi connectivity index (χ0v) is 9.68. The van der Waals surface area contributed by atoms with Gasteiger partial charge in [-0.3, -0.25) is 0 Å². The van der Waals surface area contributed by atoms with Crippen molar-refractivity contribution in [2.24, 2.45) is 0 Å². The smallest absolute Gasteiger partial charge is 0.134 e. The molecule has 0 radical (unpaired) electrons. The largest absolute Gasteiger partial charge is 0.490 e. The standard InChI is InChI=1S/C10H14BrNO/c1-6(2)13-10-4-7(3)9(12)5-8(10)11/h4-6H,12H2,1-3H3. The van der Waals surface area contributed by atoms with E-state index in [0.29, 0.717) is 0 Å². The fraction of sp³-hybridized carbons (Fsp3) is 0.400. The zero-order chi connectivity index (χ0) is 10.0. The number of benzene rings is 1. The normalized spacial score (nSPS) is 10.5. The minimum absolute atomic E-state index is 0.180. The van der Waals surface area contributed by atoms with Crippen LogP contribution in [0, 0.1) is 6.92 Å². The van der Waals surface area contributed by atoms with Gasteiger partial charge >= 0.3 is 0 Å². The van der Waals surface area contributed by atoms with Gasteiger partial charge in [0.15, 0.2) is 0 Å². The summed E-state index contributed by atoms with van der Waals surface area (Å²) in [6, 6.07) is 3.81. The Labute approximate surface area is 87.2 Å². The molecule has 0 unspecified atom stereocenters. The second-order valence-corrected chi connectivity index (χ2v) is 4.16. The molecule has 0 aliphatic heterocycles. The lowest BCUT2D eigenvalue weighted by molar-refractivity contribution is 0.241. The first-order valence-corrected chi connectivity index (χ1v) is 5.02. The Balaban J connectivity index is 3.01. The summed E-state index contributed by atoms with van der Waals surface area (Å²) in [5, 5.41) is 0. The Hall–Kier alpha value is -0.700. The predicted molar refractivity (Wildman–Crippen MR) is 59.1 cm³/mol. The number of ether oxygens (including phenoxy) is 1. The van der Waals surface area contributed by atoms with Gasteiger partial charge in [-0.2, -0.15) is 0 Å². The third-order valence-corrected chi connectivity index (χ3v) is 2.30. The molecule has 0 saturated heterocycles. The lowest BCUT2D eigenvalue weighted by Crippen LogP contribution is -2.06. The van der Waals surface area contributed by atoms with Gasteiger partial charge in [0.1, 0.15) is 5.75 Å². The van der Waals surface area contributed by atoms with Gasteiger partial charge in [-0.05, 0) is 54.4 Å². The van der Waals surface area contributed by atoms with Crippen molar-refractivity contribution in [3.63, 3.8) is 0 Å². The monoisotopic (exact) mass is 243 g/mol. The van der Waals surface area contributed by atoms with Crippen LogP contribution >= 0.6 is 15.9 Å². The molecule has 0 saturated carbocycles. The average Bonchev–Trinajstić information content (AvgIpc) is 1.99. The second-order valence-electron chi connectivity index (χ2n) is 3.31. The minimum Gasteiger partial charge on any atom is -0.490 e. The third kappa shape index (κ3) is 2.62. The number of hydrogen-bond donors (Lipinski definition) is 1. The van der Waals surface area contributed by atoms with Crippen molar-refractivity contribution < 1.29 is 4.74 Å². The van der Waals surface area contributed by atoms with Gasteiger partial charge in [0.05, 0.1) is 10.6 Å². The van der Waals surface area contributed by atoms with E-state index < -0.39 is 0 Å². The number of rotatable bonds is 2. The summed E-state index contributed by atoms with van der Waals surface area (Å²) in [5.74, 6) is 0.849. The van der Waals surface area contributed by atoms with Gasteiger partial charge in [0.2, 0.25) is 0 Å². The van der Waals surface area contributed by atoms with Crippen LogP contribution in [0.25, 0.3) is 0 Å². The maximum Gasteiger partial charge on any atom is 0.134 e. The second kappa shape index (κ2) is 4.01. The van der Waals surface area contributed by atoms with Gasteiger partial charge in [-0.1, -0.05) is 0 Å². The van der Waals surface area contributed by atoms with Crippen LogP contribution in [-0.2, 0) is 0 Å². The van der Waals surface area contributed by atoms with Gasteiger partial charge in [0.25, 0.3) is 0 Å². The molecule has 1 aromatic carbocycles. The molecule has 0 aliphatic carbocycles. The van der Waals surface area contributed by atoms with E-state index in [2.05, 4.69) is 15.9 Å². The minimum atomic E-state index is 0.180. The Morgan fingerprint density at radius 2 is 2.00 bits per heavy atom.